The third kappa shape index (κ3) is 3.65. The SMILES string of the molecule is CC(O)CCNS(=O)(=O)c1cccc(F)c1N. The number of sulfonamides is 1. The van der Waals surface area contributed by atoms with Gasteiger partial charge >= 0.3 is 0 Å². The molecule has 17 heavy (non-hydrogen) atoms. The maximum absolute atomic E-state index is 13.1. The van der Waals surface area contributed by atoms with E-state index in [1.54, 1.807) is 6.92 Å². The fraction of sp³-hybridized carbons (Fsp3) is 0.400. The number of nitrogens with two attached hydrogens (primary N) is 1. The Labute approximate surface area is 99.5 Å². The highest BCUT2D eigenvalue weighted by Crippen LogP contribution is 2.20. The number of anilines is 1. The van der Waals surface area contributed by atoms with Gasteiger partial charge in [0.2, 0.25) is 10.0 Å². The molecule has 0 spiro atoms. The van der Waals surface area contributed by atoms with E-state index in [0.29, 0.717) is 0 Å². The lowest BCUT2D eigenvalue weighted by atomic mass is 10.3. The highest BCUT2D eigenvalue weighted by atomic mass is 32.2. The average molecular weight is 262 g/mol. The summed E-state index contributed by atoms with van der Waals surface area (Å²) in [7, 11) is -3.84. The van der Waals surface area contributed by atoms with Crippen LogP contribution in [0.3, 0.4) is 0 Å². The van der Waals surface area contributed by atoms with Crippen molar-refractivity contribution in [1.82, 2.24) is 4.72 Å². The lowest BCUT2D eigenvalue weighted by Crippen LogP contribution is -2.27. The van der Waals surface area contributed by atoms with Crippen molar-refractivity contribution >= 4 is 15.7 Å². The highest BCUT2D eigenvalue weighted by molar-refractivity contribution is 7.89. The van der Waals surface area contributed by atoms with Gasteiger partial charge in [0.05, 0.1) is 11.8 Å². The number of halogens is 1. The summed E-state index contributed by atoms with van der Waals surface area (Å²) >= 11 is 0. The van der Waals surface area contributed by atoms with Crippen LogP contribution in [-0.4, -0.2) is 26.2 Å². The third-order valence-corrected chi connectivity index (χ3v) is 3.68. The molecule has 1 atom stereocenters. The zero-order valence-corrected chi connectivity index (χ0v) is 10.2. The second-order valence-corrected chi connectivity index (χ2v) is 5.42. The first-order chi connectivity index (χ1) is 7.84. The maximum atomic E-state index is 13.1. The smallest absolute Gasteiger partial charge is 0.242 e. The molecule has 0 fully saturated rings. The standard InChI is InChI=1S/C10H15FN2O3S/c1-7(14)5-6-13-17(15,16)9-4-2-3-8(11)10(9)12/h2-4,7,13-14H,5-6,12H2,1H3. The van der Waals surface area contributed by atoms with Gasteiger partial charge in [-0.25, -0.2) is 17.5 Å². The minimum absolute atomic E-state index is 0.0654. The fourth-order valence-corrected chi connectivity index (χ4v) is 2.42. The molecular weight excluding hydrogens is 247 g/mol. The Kier molecular flexibility index (Phi) is 4.44. The summed E-state index contributed by atoms with van der Waals surface area (Å²) < 4.78 is 38.8. The van der Waals surface area contributed by atoms with Crippen LogP contribution in [0.15, 0.2) is 23.1 Å². The van der Waals surface area contributed by atoms with E-state index < -0.39 is 27.6 Å². The highest BCUT2D eigenvalue weighted by Gasteiger charge is 2.18. The van der Waals surface area contributed by atoms with Crippen molar-refractivity contribution < 1.29 is 17.9 Å². The van der Waals surface area contributed by atoms with Crippen LogP contribution in [-0.2, 0) is 10.0 Å². The number of aliphatic hydroxyl groups excluding tert-OH is 1. The molecule has 0 amide bonds. The number of rotatable bonds is 5. The van der Waals surface area contributed by atoms with Crippen molar-refractivity contribution in [3.63, 3.8) is 0 Å². The topological polar surface area (TPSA) is 92.4 Å². The molecule has 96 valence electrons. The maximum Gasteiger partial charge on any atom is 0.242 e. The van der Waals surface area contributed by atoms with Gasteiger partial charge < -0.3 is 10.8 Å². The van der Waals surface area contributed by atoms with E-state index in [2.05, 4.69) is 4.72 Å². The van der Waals surface area contributed by atoms with Crippen molar-refractivity contribution in [1.29, 1.82) is 0 Å². The Bertz CT molecular complexity index is 488. The summed E-state index contributed by atoms with van der Waals surface area (Å²) in [6.45, 7) is 1.61. The Morgan fingerprint density at radius 3 is 2.76 bits per heavy atom. The van der Waals surface area contributed by atoms with E-state index in [0.717, 1.165) is 6.07 Å². The summed E-state index contributed by atoms with van der Waals surface area (Å²) in [4.78, 5) is -0.289. The number of nitrogens with one attached hydrogen (secondary N) is 1. The predicted molar refractivity (Wildman–Crippen MR) is 62.3 cm³/mol. The number of hydrogen-bond donors (Lipinski definition) is 3. The summed E-state index contributed by atoms with van der Waals surface area (Å²) in [6.07, 6.45) is -0.336. The number of hydrogen-bond acceptors (Lipinski definition) is 4. The molecule has 0 heterocycles. The van der Waals surface area contributed by atoms with Gasteiger partial charge in [-0.05, 0) is 25.5 Å². The molecule has 0 saturated carbocycles. The molecule has 0 aliphatic carbocycles. The van der Waals surface area contributed by atoms with Crippen LogP contribution in [0.1, 0.15) is 13.3 Å². The Balaban J connectivity index is 2.87. The summed E-state index contributed by atoms with van der Waals surface area (Å²) in [6, 6.07) is 3.59. The minimum atomic E-state index is -3.84. The number of aliphatic hydroxyl groups is 1. The molecule has 1 rings (SSSR count). The van der Waals surface area contributed by atoms with Crippen LogP contribution in [0.5, 0.6) is 0 Å². The van der Waals surface area contributed by atoms with Crippen LogP contribution < -0.4 is 10.5 Å². The number of para-hydroxylation sites is 1. The molecule has 1 aromatic carbocycles. The van der Waals surface area contributed by atoms with Gasteiger partial charge in [0, 0.05) is 6.54 Å². The molecular formula is C10H15FN2O3S. The molecule has 0 bridgehead atoms. The molecule has 1 aromatic rings. The third-order valence-electron chi connectivity index (χ3n) is 2.16. The van der Waals surface area contributed by atoms with Crippen molar-refractivity contribution in [2.45, 2.75) is 24.3 Å². The summed E-state index contributed by atoms with van der Waals surface area (Å²) in [5.74, 6) is -0.775. The van der Waals surface area contributed by atoms with Gasteiger partial charge in [0.1, 0.15) is 10.7 Å². The van der Waals surface area contributed by atoms with Gasteiger partial charge in [0.25, 0.3) is 0 Å². The number of nitrogen functional groups attached to an aromatic ring is 1. The zero-order valence-electron chi connectivity index (χ0n) is 9.35. The zero-order chi connectivity index (χ0) is 13.1. The molecule has 0 aliphatic heterocycles. The predicted octanol–water partition coefficient (Wildman–Crippen LogP) is 0.457. The summed E-state index contributed by atoms with van der Waals surface area (Å²) in [5, 5.41) is 9.00. The molecule has 7 heteroatoms. The fourth-order valence-electron chi connectivity index (χ4n) is 1.23. The Hall–Kier alpha value is -1.18. The Morgan fingerprint density at radius 2 is 2.18 bits per heavy atom. The monoisotopic (exact) mass is 262 g/mol. The van der Waals surface area contributed by atoms with Gasteiger partial charge in [0.15, 0.2) is 0 Å². The van der Waals surface area contributed by atoms with Crippen molar-refractivity contribution in [2.24, 2.45) is 0 Å². The first-order valence-corrected chi connectivity index (χ1v) is 6.54. The van der Waals surface area contributed by atoms with Crippen LogP contribution >= 0.6 is 0 Å². The van der Waals surface area contributed by atoms with Gasteiger partial charge in [-0.2, -0.15) is 0 Å². The molecule has 0 aromatic heterocycles. The van der Waals surface area contributed by atoms with Crippen LogP contribution in [0.25, 0.3) is 0 Å². The average Bonchev–Trinajstić information content (AvgIpc) is 2.21. The van der Waals surface area contributed by atoms with Gasteiger partial charge in [-0.3, -0.25) is 0 Å². The second-order valence-electron chi connectivity index (χ2n) is 3.69. The molecule has 4 N–H and O–H groups in total. The van der Waals surface area contributed by atoms with Crippen LogP contribution in [0.4, 0.5) is 10.1 Å². The van der Waals surface area contributed by atoms with Gasteiger partial charge in [-0.15, -0.1) is 0 Å². The summed E-state index contributed by atoms with van der Waals surface area (Å²) in [5.41, 5.74) is 4.95. The second kappa shape index (κ2) is 5.44. The van der Waals surface area contributed by atoms with E-state index in [9.17, 15) is 12.8 Å². The van der Waals surface area contributed by atoms with E-state index in [1.807, 2.05) is 0 Å². The molecule has 5 nitrogen and oxygen atoms in total. The molecule has 0 radical (unpaired) electrons. The molecule has 1 unspecified atom stereocenters. The Morgan fingerprint density at radius 1 is 1.53 bits per heavy atom. The minimum Gasteiger partial charge on any atom is -0.395 e. The van der Waals surface area contributed by atoms with E-state index in [4.69, 9.17) is 10.8 Å². The normalized spacial score (nSPS) is 13.6. The lowest BCUT2D eigenvalue weighted by molar-refractivity contribution is 0.186. The van der Waals surface area contributed by atoms with Crippen LogP contribution in [0.2, 0.25) is 0 Å². The van der Waals surface area contributed by atoms with Crippen molar-refractivity contribution in [2.75, 3.05) is 12.3 Å². The first-order valence-electron chi connectivity index (χ1n) is 5.06. The molecule has 0 aliphatic rings. The van der Waals surface area contributed by atoms with E-state index >= 15 is 0 Å². The van der Waals surface area contributed by atoms with Crippen molar-refractivity contribution in [3.8, 4) is 0 Å². The quantitative estimate of drug-likeness (QED) is 0.672. The lowest BCUT2D eigenvalue weighted by Gasteiger charge is -2.10. The van der Waals surface area contributed by atoms with Gasteiger partial charge in [-0.1, -0.05) is 6.07 Å². The van der Waals surface area contributed by atoms with Crippen LogP contribution in [0, 0.1) is 5.82 Å². The first kappa shape index (κ1) is 13.9. The van der Waals surface area contributed by atoms with E-state index in [-0.39, 0.29) is 17.9 Å². The largest absolute Gasteiger partial charge is 0.395 e. The van der Waals surface area contributed by atoms with Crippen molar-refractivity contribution in [3.05, 3.63) is 24.0 Å². The molecule has 0 saturated heterocycles. The number of benzene rings is 1. The van der Waals surface area contributed by atoms with E-state index in [1.165, 1.54) is 12.1 Å².